The van der Waals surface area contributed by atoms with Crippen molar-refractivity contribution in [3.63, 3.8) is 0 Å². The molecule has 2 saturated heterocycles. The minimum atomic E-state index is -3.53. The number of ether oxygens (including phenoxy) is 1. The first-order valence-corrected chi connectivity index (χ1v) is 13.0. The van der Waals surface area contributed by atoms with Crippen LogP contribution in [-0.2, 0) is 14.8 Å². The fourth-order valence-electron chi connectivity index (χ4n) is 4.38. The van der Waals surface area contributed by atoms with Crippen LogP contribution in [0.2, 0.25) is 0 Å². The second-order valence-electron chi connectivity index (χ2n) is 8.93. The standard InChI is InChI=1S/C24H33N3O5S/c1-18-9-11-27(12-10-18)33(29,30)21-6-4-20(5-7-21)24(28)25-17-22(23-8-3-19(2)32-23)26-13-15-31-16-14-26/h3-8,18,22H,9-17H2,1-2H3,(H,25,28)/t22-/m1/s1. The van der Waals surface area contributed by atoms with Crippen LogP contribution in [0, 0.1) is 12.8 Å². The summed E-state index contributed by atoms with van der Waals surface area (Å²) >= 11 is 0. The van der Waals surface area contributed by atoms with Gasteiger partial charge in [0, 0.05) is 38.3 Å². The van der Waals surface area contributed by atoms with E-state index in [1.54, 1.807) is 16.4 Å². The van der Waals surface area contributed by atoms with Crippen LogP contribution in [0.5, 0.6) is 0 Å². The van der Waals surface area contributed by atoms with Gasteiger partial charge in [-0.1, -0.05) is 6.92 Å². The van der Waals surface area contributed by atoms with Crippen LogP contribution in [0.3, 0.4) is 0 Å². The van der Waals surface area contributed by atoms with Crippen LogP contribution >= 0.6 is 0 Å². The Bertz CT molecular complexity index is 1040. The van der Waals surface area contributed by atoms with Crippen LogP contribution in [-0.4, -0.2) is 69.5 Å². The molecule has 0 unspecified atom stereocenters. The summed E-state index contributed by atoms with van der Waals surface area (Å²) in [5.74, 6) is 1.95. The monoisotopic (exact) mass is 475 g/mol. The van der Waals surface area contributed by atoms with E-state index in [9.17, 15) is 13.2 Å². The quantitative estimate of drug-likeness (QED) is 0.662. The van der Waals surface area contributed by atoms with Crippen molar-refractivity contribution in [1.29, 1.82) is 0 Å². The van der Waals surface area contributed by atoms with Crippen molar-refractivity contribution in [2.24, 2.45) is 5.92 Å². The molecule has 0 radical (unpaired) electrons. The summed E-state index contributed by atoms with van der Waals surface area (Å²) in [6, 6.07) is 9.99. The van der Waals surface area contributed by atoms with E-state index >= 15 is 0 Å². The maximum atomic E-state index is 12.9. The molecule has 0 aliphatic carbocycles. The summed E-state index contributed by atoms with van der Waals surface area (Å²) in [5, 5.41) is 2.99. The average molecular weight is 476 g/mol. The molecule has 1 N–H and O–H groups in total. The van der Waals surface area contributed by atoms with Crippen molar-refractivity contribution in [3.8, 4) is 0 Å². The first-order chi connectivity index (χ1) is 15.8. The molecule has 1 aromatic heterocycles. The van der Waals surface area contributed by atoms with E-state index in [4.69, 9.17) is 9.15 Å². The molecule has 1 aromatic carbocycles. The Morgan fingerprint density at radius 1 is 1.06 bits per heavy atom. The molecule has 2 aliphatic heterocycles. The number of nitrogens with one attached hydrogen (secondary N) is 1. The van der Waals surface area contributed by atoms with E-state index in [1.807, 2.05) is 19.1 Å². The Kier molecular flexibility index (Phi) is 7.53. The predicted octanol–water partition coefficient (Wildman–Crippen LogP) is 2.81. The minimum absolute atomic E-state index is 0.0901. The number of hydrogen-bond acceptors (Lipinski definition) is 6. The number of rotatable bonds is 7. The number of morpholine rings is 1. The Morgan fingerprint density at radius 2 is 1.73 bits per heavy atom. The highest BCUT2D eigenvalue weighted by molar-refractivity contribution is 7.89. The molecule has 2 fully saturated rings. The molecule has 9 heteroatoms. The number of amides is 1. The zero-order chi connectivity index (χ0) is 23.4. The number of furan rings is 1. The Labute approximate surface area is 195 Å². The lowest BCUT2D eigenvalue weighted by Crippen LogP contribution is -2.43. The van der Waals surface area contributed by atoms with Gasteiger partial charge in [0.05, 0.1) is 24.2 Å². The van der Waals surface area contributed by atoms with Gasteiger partial charge in [-0.3, -0.25) is 9.69 Å². The average Bonchev–Trinajstić information content (AvgIpc) is 3.26. The summed E-state index contributed by atoms with van der Waals surface area (Å²) in [6.07, 6.45) is 1.75. The third-order valence-electron chi connectivity index (χ3n) is 6.53. The van der Waals surface area contributed by atoms with Crippen LogP contribution in [0.4, 0.5) is 0 Å². The molecule has 2 aliphatic rings. The number of benzene rings is 1. The first-order valence-electron chi connectivity index (χ1n) is 11.6. The predicted molar refractivity (Wildman–Crippen MR) is 125 cm³/mol. The lowest BCUT2D eigenvalue weighted by molar-refractivity contribution is 0.0117. The van der Waals surface area contributed by atoms with E-state index in [2.05, 4.69) is 17.1 Å². The van der Waals surface area contributed by atoms with Gasteiger partial charge >= 0.3 is 0 Å². The molecule has 1 atom stereocenters. The third kappa shape index (κ3) is 5.66. The summed E-state index contributed by atoms with van der Waals surface area (Å²) in [6.45, 7) is 8.35. The zero-order valence-electron chi connectivity index (χ0n) is 19.3. The highest BCUT2D eigenvalue weighted by Crippen LogP contribution is 2.25. The normalized spacial score (nSPS) is 19.9. The lowest BCUT2D eigenvalue weighted by atomic mass is 10.0. The van der Waals surface area contributed by atoms with Crippen molar-refractivity contribution < 1.29 is 22.4 Å². The molecule has 33 heavy (non-hydrogen) atoms. The molecule has 180 valence electrons. The SMILES string of the molecule is Cc1ccc([C@@H](CNC(=O)c2ccc(S(=O)(=O)N3CCC(C)CC3)cc2)N2CCOCC2)o1. The van der Waals surface area contributed by atoms with E-state index in [0.29, 0.717) is 44.3 Å². The highest BCUT2D eigenvalue weighted by Gasteiger charge is 2.29. The van der Waals surface area contributed by atoms with Gasteiger partial charge in [0.15, 0.2) is 0 Å². The number of carbonyl (C=O) groups excluding carboxylic acids is 1. The van der Waals surface area contributed by atoms with Gasteiger partial charge in [0.1, 0.15) is 11.5 Å². The van der Waals surface area contributed by atoms with Crippen molar-refractivity contribution >= 4 is 15.9 Å². The van der Waals surface area contributed by atoms with E-state index in [0.717, 1.165) is 37.5 Å². The second kappa shape index (κ2) is 10.4. The Balaban J connectivity index is 1.41. The Morgan fingerprint density at radius 3 is 2.33 bits per heavy atom. The molecule has 1 amide bonds. The van der Waals surface area contributed by atoms with E-state index in [-0.39, 0.29) is 16.8 Å². The molecule has 8 nitrogen and oxygen atoms in total. The molecule has 3 heterocycles. The van der Waals surface area contributed by atoms with Gasteiger partial charge in [0.2, 0.25) is 10.0 Å². The van der Waals surface area contributed by atoms with Crippen LogP contribution in [0.15, 0.2) is 45.7 Å². The van der Waals surface area contributed by atoms with Gasteiger partial charge < -0.3 is 14.5 Å². The fourth-order valence-corrected chi connectivity index (χ4v) is 5.85. The Hall–Kier alpha value is -2.20. The number of sulfonamides is 1. The third-order valence-corrected chi connectivity index (χ3v) is 8.44. The fraction of sp³-hybridized carbons (Fsp3) is 0.542. The maximum Gasteiger partial charge on any atom is 0.251 e. The van der Waals surface area contributed by atoms with Gasteiger partial charge in [-0.15, -0.1) is 0 Å². The summed E-state index contributed by atoms with van der Waals surface area (Å²) in [5.41, 5.74) is 0.428. The lowest BCUT2D eigenvalue weighted by Gasteiger charge is -2.33. The zero-order valence-corrected chi connectivity index (χ0v) is 20.1. The molecular weight excluding hydrogens is 442 g/mol. The summed E-state index contributed by atoms with van der Waals surface area (Å²) in [4.78, 5) is 15.3. The highest BCUT2D eigenvalue weighted by atomic mass is 32.2. The van der Waals surface area contributed by atoms with Crippen LogP contribution in [0.25, 0.3) is 0 Å². The van der Waals surface area contributed by atoms with E-state index in [1.165, 1.54) is 12.1 Å². The molecule has 0 bridgehead atoms. The molecule has 0 saturated carbocycles. The summed E-state index contributed by atoms with van der Waals surface area (Å²) in [7, 11) is -3.53. The number of carbonyl (C=O) groups is 1. The van der Waals surface area contributed by atoms with Crippen molar-refractivity contribution in [2.45, 2.75) is 37.6 Å². The first kappa shape index (κ1) is 23.9. The molecule has 4 rings (SSSR count). The van der Waals surface area contributed by atoms with Crippen molar-refractivity contribution in [2.75, 3.05) is 45.9 Å². The van der Waals surface area contributed by atoms with Gasteiger partial charge in [0.25, 0.3) is 5.91 Å². The van der Waals surface area contributed by atoms with Crippen molar-refractivity contribution in [1.82, 2.24) is 14.5 Å². The minimum Gasteiger partial charge on any atom is -0.465 e. The number of aryl methyl sites for hydroxylation is 1. The van der Waals surface area contributed by atoms with Gasteiger partial charge in [-0.05, 0) is 62.1 Å². The van der Waals surface area contributed by atoms with Crippen LogP contribution in [0.1, 0.15) is 47.7 Å². The maximum absolute atomic E-state index is 12.9. The van der Waals surface area contributed by atoms with Crippen molar-refractivity contribution in [3.05, 3.63) is 53.5 Å². The van der Waals surface area contributed by atoms with Crippen LogP contribution < -0.4 is 5.32 Å². The van der Waals surface area contributed by atoms with E-state index < -0.39 is 10.0 Å². The number of piperidine rings is 1. The van der Waals surface area contributed by atoms with Gasteiger partial charge in [-0.2, -0.15) is 4.31 Å². The number of hydrogen-bond donors (Lipinski definition) is 1. The van der Waals surface area contributed by atoms with Gasteiger partial charge in [-0.25, -0.2) is 8.42 Å². The largest absolute Gasteiger partial charge is 0.465 e. The summed E-state index contributed by atoms with van der Waals surface area (Å²) < 4.78 is 38.7. The molecule has 0 spiro atoms. The molecule has 2 aromatic rings. The molecular formula is C24H33N3O5S. The number of nitrogens with zero attached hydrogens (tertiary/aromatic N) is 2. The smallest absolute Gasteiger partial charge is 0.251 e. The second-order valence-corrected chi connectivity index (χ2v) is 10.9. The topological polar surface area (TPSA) is 92.1 Å².